The highest BCUT2D eigenvalue weighted by molar-refractivity contribution is 7.89. The number of benzene rings is 1. The van der Waals surface area contributed by atoms with Crippen LogP contribution in [0.5, 0.6) is 5.75 Å². The Kier molecular flexibility index (Phi) is 7.73. The standard InChI is InChI=1S/C26H34ClN7O4S/c1-5-11-33-24-21(27)22(29-23(24)25-30-28-16-34(25)26(33)35)19-15-18(7-8-20(19)38-14-6-2)39(36,37)32(4)17-9-12-31(3)13-10-17/h7-8,15-17,29H,5-6,9-14H2,1-4H3. The summed E-state index contributed by atoms with van der Waals surface area (Å²) in [6.45, 7) is 6.55. The summed E-state index contributed by atoms with van der Waals surface area (Å²) >= 11 is 6.97. The molecule has 0 radical (unpaired) electrons. The van der Waals surface area contributed by atoms with Crippen LogP contribution in [0.3, 0.4) is 0 Å². The molecule has 0 atom stereocenters. The third-order valence-electron chi connectivity index (χ3n) is 7.40. The van der Waals surface area contributed by atoms with Crippen molar-refractivity contribution in [2.45, 2.75) is 57.0 Å². The average molecular weight is 576 g/mol. The Morgan fingerprint density at radius 3 is 2.64 bits per heavy atom. The Morgan fingerprint density at radius 1 is 1.21 bits per heavy atom. The Balaban J connectivity index is 1.68. The molecular formula is C26H34ClN7O4S. The number of fused-ring (bicyclic) bond motifs is 3. The van der Waals surface area contributed by atoms with E-state index in [9.17, 15) is 13.2 Å². The van der Waals surface area contributed by atoms with E-state index in [4.69, 9.17) is 16.3 Å². The van der Waals surface area contributed by atoms with Gasteiger partial charge in [0.15, 0.2) is 5.65 Å². The summed E-state index contributed by atoms with van der Waals surface area (Å²) in [7, 11) is -0.104. The molecule has 1 aromatic carbocycles. The largest absolute Gasteiger partial charge is 0.493 e. The second-order valence-electron chi connectivity index (χ2n) is 10.1. The summed E-state index contributed by atoms with van der Waals surface area (Å²) in [5.41, 5.74) is 2.04. The van der Waals surface area contributed by atoms with Crippen molar-refractivity contribution in [2.75, 3.05) is 33.8 Å². The van der Waals surface area contributed by atoms with Crippen LogP contribution >= 0.6 is 11.6 Å². The van der Waals surface area contributed by atoms with Crippen LogP contribution in [-0.2, 0) is 16.6 Å². The van der Waals surface area contributed by atoms with Crippen LogP contribution in [-0.4, -0.2) is 81.6 Å². The third-order valence-corrected chi connectivity index (χ3v) is 9.68. The lowest BCUT2D eigenvalue weighted by molar-refractivity contribution is 0.197. The third kappa shape index (κ3) is 4.83. The number of H-pyrrole nitrogens is 1. The minimum absolute atomic E-state index is 0.0768. The molecule has 1 saturated heterocycles. The highest BCUT2D eigenvalue weighted by Crippen LogP contribution is 2.41. The maximum Gasteiger partial charge on any atom is 0.335 e. The van der Waals surface area contributed by atoms with Crippen molar-refractivity contribution in [3.05, 3.63) is 40.0 Å². The Morgan fingerprint density at radius 2 is 1.95 bits per heavy atom. The number of nitrogens with zero attached hydrogens (tertiary/aromatic N) is 6. The van der Waals surface area contributed by atoms with E-state index in [1.54, 1.807) is 29.8 Å². The summed E-state index contributed by atoms with van der Waals surface area (Å²) in [6.07, 6.45) is 4.40. The lowest BCUT2D eigenvalue weighted by Crippen LogP contribution is -2.44. The molecule has 210 valence electrons. The van der Waals surface area contributed by atoms with Gasteiger partial charge in [-0.05, 0) is 64.0 Å². The predicted octanol–water partition coefficient (Wildman–Crippen LogP) is 3.61. The molecule has 1 aliphatic heterocycles. The normalized spacial score (nSPS) is 15.6. The average Bonchev–Trinajstić information content (AvgIpc) is 3.55. The van der Waals surface area contributed by atoms with E-state index in [2.05, 4.69) is 20.1 Å². The number of hydrogen-bond acceptors (Lipinski definition) is 7. The van der Waals surface area contributed by atoms with Gasteiger partial charge in [-0.15, -0.1) is 10.2 Å². The second kappa shape index (κ2) is 10.9. The molecule has 39 heavy (non-hydrogen) atoms. The zero-order valence-corrected chi connectivity index (χ0v) is 24.2. The number of aromatic nitrogens is 5. The summed E-state index contributed by atoms with van der Waals surface area (Å²) < 4.78 is 38.0. The van der Waals surface area contributed by atoms with Crippen LogP contribution in [0.4, 0.5) is 0 Å². The molecule has 1 aliphatic rings. The molecule has 0 amide bonds. The number of likely N-dealkylation sites (tertiary alicyclic amines) is 1. The van der Waals surface area contributed by atoms with E-state index in [1.165, 1.54) is 15.0 Å². The summed E-state index contributed by atoms with van der Waals surface area (Å²) in [5, 5.41) is 8.35. The van der Waals surface area contributed by atoms with Crippen molar-refractivity contribution in [1.82, 2.24) is 33.4 Å². The molecule has 0 saturated carbocycles. The first-order valence-electron chi connectivity index (χ1n) is 13.3. The minimum atomic E-state index is -3.80. The number of aromatic amines is 1. The fourth-order valence-corrected chi connectivity index (χ4v) is 6.98. The zero-order valence-electron chi connectivity index (χ0n) is 22.6. The molecule has 13 heteroatoms. The van der Waals surface area contributed by atoms with E-state index in [1.807, 2.05) is 20.9 Å². The fraction of sp³-hybridized carbons (Fsp3) is 0.500. The number of rotatable bonds is 9. The first-order chi connectivity index (χ1) is 18.7. The van der Waals surface area contributed by atoms with Gasteiger partial charge in [0.05, 0.1) is 27.7 Å². The van der Waals surface area contributed by atoms with Crippen molar-refractivity contribution < 1.29 is 13.2 Å². The lowest BCUT2D eigenvalue weighted by atomic mass is 10.1. The van der Waals surface area contributed by atoms with Gasteiger partial charge in [0, 0.05) is 25.2 Å². The highest BCUT2D eigenvalue weighted by Gasteiger charge is 2.31. The van der Waals surface area contributed by atoms with Gasteiger partial charge in [-0.1, -0.05) is 25.4 Å². The van der Waals surface area contributed by atoms with E-state index >= 15 is 0 Å². The van der Waals surface area contributed by atoms with Crippen LogP contribution in [0.15, 0.2) is 34.2 Å². The SMILES string of the molecule is CCCOc1ccc(S(=O)(=O)N(C)C2CCN(C)CC2)cc1-c1[nH]c2c(c1Cl)n(CCC)c(=O)n1cnnc21. The van der Waals surface area contributed by atoms with E-state index in [0.717, 1.165) is 32.4 Å². The first-order valence-corrected chi connectivity index (χ1v) is 15.1. The summed E-state index contributed by atoms with van der Waals surface area (Å²) in [6, 6.07) is 4.78. The van der Waals surface area contributed by atoms with Crippen molar-refractivity contribution in [3.8, 4) is 17.0 Å². The molecule has 1 fully saturated rings. The molecule has 0 spiro atoms. The number of halogens is 1. The monoisotopic (exact) mass is 575 g/mol. The van der Waals surface area contributed by atoms with Crippen LogP contribution in [0, 0.1) is 0 Å². The smallest absolute Gasteiger partial charge is 0.335 e. The number of piperidine rings is 1. The van der Waals surface area contributed by atoms with E-state index < -0.39 is 10.0 Å². The fourth-order valence-electron chi connectivity index (χ4n) is 5.19. The van der Waals surface area contributed by atoms with Gasteiger partial charge < -0.3 is 14.6 Å². The van der Waals surface area contributed by atoms with Crippen LogP contribution < -0.4 is 10.4 Å². The van der Waals surface area contributed by atoms with Crippen molar-refractivity contribution in [2.24, 2.45) is 0 Å². The maximum absolute atomic E-state index is 13.8. The number of aryl methyl sites for hydroxylation is 1. The molecule has 0 unspecified atom stereocenters. The molecule has 1 N–H and O–H groups in total. The quantitative estimate of drug-likeness (QED) is 0.324. The van der Waals surface area contributed by atoms with Gasteiger partial charge in [0.2, 0.25) is 10.0 Å². The van der Waals surface area contributed by atoms with Crippen molar-refractivity contribution >= 4 is 38.3 Å². The Labute approximate surface area is 232 Å². The van der Waals surface area contributed by atoms with Gasteiger partial charge >= 0.3 is 5.69 Å². The summed E-state index contributed by atoms with van der Waals surface area (Å²) in [4.78, 5) is 18.9. The van der Waals surface area contributed by atoms with Crippen LogP contribution in [0.2, 0.25) is 5.02 Å². The molecule has 11 nitrogen and oxygen atoms in total. The molecule has 4 aromatic rings. The zero-order chi connectivity index (χ0) is 27.9. The molecule has 4 heterocycles. The van der Waals surface area contributed by atoms with Crippen molar-refractivity contribution in [3.63, 3.8) is 0 Å². The topological polar surface area (TPSA) is 118 Å². The molecule has 0 aliphatic carbocycles. The Bertz CT molecular complexity index is 1670. The molecule has 3 aromatic heterocycles. The van der Waals surface area contributed by atoms with Gasteiger partial charge in [0.25, 0.3) is 0 Å². The summed E-state index contributed by atoms with van der Waals surface area (Å²) in [5.74, 6) is 0.494. The number of hydrogen-bond donors (Lipinski definition) is 1. The number of ether oxygens (including phenoxy) is 1. The predicted molar refractivity (Wildman–Crippen MR) is 151 cm³/mol. The van der Waals surface area contributed by atoms with Crippen LogP contribution in [0.25, 0.3) is 27.9 Å². The molecular weight excluding hydrogens is 542 g/mol. The molecule has 5 rings (SSSR count). The van der Waals surface area contributed by atoms with Gasteiger partial charge in [-0.25, -0.2) is 17.6 Å². The first kappa shape index (κ1) is 27.6. The Hall–Kier alpha value is -2.93. The van der Waals surface area contributed by atoms with Gasteiger partial charge in [-0.2, -0.15) is 4.31 Å². The van der Waals surface area contributed by atoms with Crippen molar-refractivity contribution in [1.29, 1.82) is 0 Å². The van der Waals surface area contributed by atoms with Gasteiger partial charge in [-0.3, -0.25) is 4.57 Å². The minimum Gasteiger partial charge on any atom is -0.493 e. The maximum atomic E-state index is 13.8. The number of nitrogens with one attached hydrogen (secondary N) is 1. The number of sulfonamides is 1. The molecule has 0 bridgehead atoms. The van der Waals surface area contributed by atoms with E-state index in [-0.39, 0.29) is 16.6 Å². The second-order valence-corrected chi connectivity index (χ2v) is 12.4. The van der Waals surface area contributed by atoms with E-state index in [0.29, 0.717) is 58.3 Å². The van der Waals surface area contributed by atoms with Crippen LogP contribution in [0.1, 0.15) is 39.5 Å². The highest BCUT2D eigenvalue weighted by atomic mass is 35.5. The lowest BCUT2D eigenvalue weighted by Gasteiger charge is -2.34. The van der Waals surface area contributed by atoms with Gasteiger partial charge in [0.1, 0.15) is 17.6 Å².